The molecule has 3 fully saturated rings. The van der Waals surface area contributed by atoms with E-state index < -0.39 is 0 Å². The number of nitrogens with zero attached hydrogens (tertiary/aromatic N) is 3. The SMILES string of the molecule is CN(C)c1cc(N2CC(C)(CO)C2)ccc1/C(N)=C/N(N)CC1CC2(CC2)CO1. The second-order valence-electron chi connectivity index (χ2n) is 9.84. The van der Waals surface area contributed by atoms with Crippen LogP contribution < -0.4 is 21.4 Å². The van der Waals surface area contributed by atoms with Crippen molar-refractivity contribution < 1.29 is 9.84 Å². The molecule has 1 aromatic rings. The average molecular weight is 402 g/mol. The predicted octanol–water partition coefficient (Wildman–Crippen LogP) is 1.57. The Morgan fingerprint density at radius 3 is 2.66 bits per heavy atom. The maximum absolute atomic E-state index is 9.50. The molecule has 5 N–H and O–H groups in total. The molecule has 0 aromatic heterocycles. The average Bonchev–Trinajstić information content (AvgIpc) is 3.30. The van der Waals surface area contributed by atoms with Crippen LogP contribution in [0.4, 0.5) is 11.4 Å². The van der Waals surface area contributed by atoms with Crippen LogP contribution in [0.25, 0.3) is 5.70 Å². The molecule has 0 amide bonds. The van der Waals surface area contributed by atoms with Crippen molar-refractivity contribution in [2.75, 3.05) is 56.7 Å². The van der Waals surface area contributed by atoms with E-state index in [9.17, 15) is 5.11 Å². The molecule has 1 aromatic carbocycles. The second-order valence-corrected chi connectivity index (χ2v) is 9.84. The Bertz CT molecular complexity index is 783. The number of hydrogen-bond acceptors (Lipinski definition) is 7. The fourth-order valence-corrected chi connectivity index (χ4v) is 4.56. The topological polar surface area (TPSA) is 91.2 Å². The summed E-state index contributed by atoms with van der Waals surface area (Å²) < 4.78 is 5.91. The Morgan fingerprint density at radius 1 is 1.34 bits per heavy atom. The van der Waals surface area contributed by atoms with Crippen molar-refractivity contribution >= 4 is 17.1 Å². The van der Waals surface area contributed by atoms with Crippen LogP contribution in [0.5, 0.6) is 0 Å². The van der Waals surface area contributed by atoms with Gasteiger partial charge in [-0.3, -0.25) is 0 Å². The van der Waals surface area contributed by atoms with E-state index in [1.807, 2.05) is 20.3 Å². The summed E-state index contributed by atoms with van der Waals surface area (Å²) in [7, 11) is 4.04. The van der Waals surface area contributed by atoms with Crippen LogP contribution in [0.1, 0.15) is 31.7 Å². The van der Waals surface area contributed by atoms with Crippen molar-refractivity contribution in [1.82, 2.24) is 5.01 Å². The van der Waals surface area contributed by atoms with Gasteiger partial charge in [0.15, 0.2) is 0 Å². The second kappa shape index (κ2) is 7.38. The van der Waals surface area contributed by atoms with Gasteiger partial charge in [-0.1, -0.05) is 6.92 Å². The lowest BCUT2D eigenvalue weighted by atomic mass is 9.82. The summed E-state index contributed by atoms with van der Waals surface area (Å²) in [6.07, 6.45) is 5.69. The molecule has 1 unspecified atom stereocenters. The maximum atomic E-state index is 9.50. The maximum Gasteiger partial charge on any atom is 0.0771 e. The monoisotopic (exact) mass is 401 g/mol. The van der Waals surface area contributed by atoms with E-state index in [2.05, 4.69) is 34.9 Å². The highest BCUT2D eigenvalue weighted by Gasteiger charge is 2.49. The van der Waals surface area contributed by atoms with E-state index in [0.29, 0.717) is 17.7 Å². The van der Waals surface area contributed by atoms with Crippen LogP contribution in [-0.2, 0) is 4.74 Å². The molecule has 0 bridgehead atoms. The van der Waals surface area contributed by atoms with Gasteiger partial charge in [0.25, 0.3) is 0 Å². The molecule has 2 aliphatic heterocycles. The third kappa shape index (κ3) is 4.17. The summed E-state index contributed by atoms with van der Waals surface area (Å²) in [5.41, 5.74) is 10.7. The lowest BCUT2D eigenvalue weighted by Gasteiger charge is -2.48. The summed E-state index contributed by atoms with van der Waals surface area (Å²) in [6, 6.07) is 6.31. The van der Waals surface area contributed by atoms with E-state index in [1.54, 1.807) is 5.01 Å². The molecule has 1 spiro atoms. The number of anilines is 2. The van der Waals surface area contributed by atoms with E-state index >= 15 is 0 Å². The molecule has 2 heterocycles. The number of rotatable bonds is 7. The quantitative estimate of drug-likeness (QED) is 0.472. The minimum Gasteiger partial charge on any atom is -0.397 e. The smallest absolute Gasteiger partial charge is 0.0771 e. The molecule has 3 aliphatic rings. The first kappa shape index (κ1) is 20.3. The molecule has 7 heteroatoms. The van der Waals surface area contributed by atoms with Gasteiger partial charge >= 0.3 is 0 Å². The summed E-state index contributed by atoms with van der Waals surface area (Å²) >= 11 is 0. The number of hydrogen-bond donors (Lipinski definition) is 3. The van der Waals surface area contributed by atoms with Crippen LogP contribution in [-0.4, -0.2) is 63.2 Å². The molecular formula is C22H35N5O2. The lowest BCUT2D eigenvalue weighted by Crippen LogP contribution is -2.56. The molecule has 7 nitrogen and oxygen atoms in total. The van der Waals surface area contributed by atoms with Crippen LogP contribution in [0.2, 0.25) is 0 Å². The highest BCUT2D eigenvalue weighted by Crippen LogP contribution is 2.53. The number of ether oxygens (including phenoxy) is 1. The number of aliphatic hydroxyl groups excluding tert-OH is 1. The van der Waals surface area contributed by atoms with Crippen molar-refractivity contribution in [3.8, 4) is 0 Å². The Kier molecular flexibility index (Phi) is 5.17. The van der Waals surface area contributed by atoms with Gasteiger partial charge in [-0.25, -0.2) is 5.84 Å². The number of aliphatic hydroxyl groups is 1. The fourth-order valence-electron chi connectivity index (χ4n) is 4.56. The standard InChI is InChI=1S/C22H35N5O2/c1-21(14-28)12-26(13-21)16-4-5-18(20(8-16)25(2)3)19(23)11-27(24)10-17-9-22(6-7-22)15-29-17/h4-5,8,11,17,28H,6-7,9-10,12-15,23-24H2,1-3H3/b19-11-. The van der Waals surface area contributed by atoms with Gasteiger partial charge in [0.2, 0.25) is 0 Å². The normalized spacial score (nSPS) is 24.5. The van der Waals surface area contributed by atoms with Crippen molar-refractivity contribution in [2.45, 2.75) is 32.3 Å². The van der Waals surface area contributed by atoms with Crippen molar-refractivity contribution in [3.63, 3.8) is 0 Å². The highest BCUT2D eigenvalue weighted by molar-refractivity contribution is 5.78. The zero-order valence-corrected chi connectivity index (χ0v) is 17.9. The summed E-state index contributed by atoms with van der Waals surface area (Å²) in [5.74, 6) is 6.23. The summed E-state index contributed by atoms with van der Waals surface area (Å²) in [5, 5.41) is 11.2. The van der Waals surface area contributed by atoms with E-state index in [4.69, 9.17) is 16.3 Å². The summed E-state index contributed by atoms with van der Waals surface area (Å²) in [4.78, 5) is 4.36. The van der Waals surface area contributed by atoms with Gasteiger partial charge in [0, 0.05) is 55.7 Å². The number of nitrogens with two attached hydrogens (primary N) is 2. The predicted molar refractivity (Wildman–Crippen MR) is 117 cm³/mol. The molecule has 2 saturated heterocycles. The van der Waals surface area contributed by atoms with Crippen LogP contribution >= 0.6 is 0 Å². The Hall–Kier alpha value is -1.96. The molecule has 1 saturated carbocycles. The molecule has 4 rings (SSSR count). The van der Waals surface area contributed by atoms with E-state index in [-0.39, 0.29) is 18.1 Å². The third-order valence-electron chi connectivity index (χ3n) is 6.63. The van der Waals surface area contributed by atoms with Gasteiger partial charge in [-0.05, 0) is 42.9 Å². The minimum absolute atomic E-state index is 0.00269. The van der Waals surface area contributed by atoms with Gasteiger partial charge in [-0.2, -0.15) is 0 Å². The van der Waals surface area contributed by atoms with Gasteiger partial charge in [0.05, 0.1) is 31.6 Å². The molecule has 29 heavy (non-hydrogen) atoms. The molecule has 0 radical (unpaired) electrons. The van der Waals surface area contributed by atoms with Crippen molar-refractivity contribution in [3.05, 3.63) is 30.0 Å². The van der Waals surface area contributed by atoms with Gasteiger partial charge < -0.3 is 30.4 Å². The van der Waals surface area contributed by atoms with Gasteiger partial charge in [0.1, 0.15) is 0 Å². The molecule has 1 atom stereocenters. The lowest BCUT2D eigenvalue weighted by molar-refractivity contribution is 0.0829. The first-order valence-corrected chi connectivity index (χ1v) is 10.5. The van der Waals surface area contributed by atoms with E-state index in [0.717, 1.165) is 43.1 Å². The highest BCUT2D eigenvalue weighted by atomic mass is 16.5. The number of benzene rings is 1. The van der Waals surface area contributed by atoms with Crippen molar-refractivity contribution in [2.24, 2.45) is 22.4 Å². The fraction of sp³-hybridized carbons (Fsp3) is 0.636. The minimum atomic E-state index is -0.00269. The van der Waals surface area contributed by atoms with Crippen LogP contribution in [0.3, 0.4) is 0 Å². The Labute approximate surface area is 173 Å². The third-order valence-corrected chi connectivity index (χ3v) is 6.63. The Balaban J connectivity index is 1.45. The Morgan fingerprint density at radius 2 is 2.07 bits per heavy atom. The molecule has 160 valence electrons. The zero-order valence-electron chi connectivity index (χ0n) is 17.9. The largest absolute Gasteiger partial charge is 0.397 e. The number of hydrazine groups is 1. The first-order valence-electron chi connectivity index (χ1n) is 10.5. The van der Waals surface area contributed by atoms with Crippen molar-refractivity contribution in [1.29, 1.82) is 0 Å². The molecule has 1 aliphatic carbocycles. The van der Waals surface area contributed by atoms with Crippen LogP contribution in [0.15, 0.2) is 24.4 Å². The first-order chi connectivity index (χ1) is 13.7. The van der Waals surface area contributed by atoms with E-state index in [1.165, 1.54) is 12.8 Å². The molecular weight excluding hydrogens is 366 g/mol. The van der Waals surface area contributed by atoms with Crippen LogP contribution in [0, 0.1) is 10.8 Å². The zero-order chi connectivity index (χ0) is 20.8. The van der Waals surface area contributed by atoms with Gasteiger partial charge in [-0.15, -0.1) is 0 Å². The summed E-state index contributed by atoms with van der Waals surface area (Å²) in [6.45, 7) is 5.59.